The summed E-state index contributed by atoms with van der Waals surface area (Å²) in [5, 5.41) is 19.9. The molecule has 0 aromatic heterocycles. The fourth-order valence-corrected chi connectivity index (χ4v) is 2.57. The van der Waals surface area contributed by atoms with Crippen LogP contribution < -0.4 is 0 Å². The highest BCUT2D eigenvalue weighted by molar-refractivity contribution is 5.93. The van der Waals surface area contributed by atoms with Crippen molar-refractivity contribution in [3.63, 3.8) is 0 Å². The summed E-state index contributed by atoms with van der Waals surface area (Å²) in [6.07, 6.45) is 1.95. The minimum absolute atomic E-state index is 0.128. The van der Waals surface area contributed by atoms with E-state index in [2.05, 4.69) is 0 Å². The lowest BCUT2D eigenvalue weighted by atomic mass is 9.78. The number of benzene rings is 1. The molecular formula is C20H30O4. The zero-order valence-corrected chi connectivity index (χ0v) is 15.9. The van der Waals surface area contributed by atoms with Gasteiger partial charge in [-0.25, -0.2) is 4.79 Å². The number of phenolic OH excluding ortho intramolecular Hbond substituents is 1. The van der Waals surface area contributed by atoms with Crippen LogP contribution >= 0.6 is 0 Å². The topological polar surface area (TPSA) is 66.8 Å². The molecule has 0 saturated heterocycles. The molecule has 1 rings (SSSR count). The number of aromatic hydroxyl groups is 1. The number of hydrogen-bond acceptors (Lipinski definition) is 4. The van der Waals surface area contributed by atoms with Crippen molar-refractivity contribution in [2.75, 3.05) is 13.7 Å². The number of carbonyl (C=O) groups is 1. The molecule has 0 heterocycles. The number of rotatable bonds is 4. The highest BCUT2D eigenvalue weighted by Crippen LogP contribution is 2.40. The van der Waals surface area contributed by atoms with Crippen LogP contribution in [0.3, 0.4) is 0 Å². The summed E-state index contributed by atoms with van der Waals surface area (Å²) >= 11 is 0. The van der Waals surface area contributed by atoms with E-state index < -0.39 is 5.97 Å². The Balaban J connectivity index is 3.62. The Morgan fingerprint density at radius 1 is 1.08 bits per heavy atom. The van der Waals surface area contributed by atoms with E-state index in [0.29, 0.717) is 11.3 Å². The summed E-state index contributed by atoms with van der Waals surface area (Å²) in [6.45, 7) is 12.1. The van der Waals surface area contributed by atoms with Crippen LogP contribution in [0, 0.1) is 0 Å². The van der Waals surface area contributed by atoms with Gasteiger partial charge in [-0.3, -0.25) is 0 Å². The van der Waals surface area contributed by atoms with E-state index in [1.54, 1.807) is 6.08 Å². The zero-order valence-electron chi connectivity index (χ0n) is 15.9. The second-order valence-electron chi connectivity index (χ2n) is 8.10. The van der Waals surface area contributed by atoms with Gasteiger partial charge in [0.2, 0.25) is 0 Å². The van der Waals surface area contributed by atoms with Gasteiger partial charge in [0.1, 0.15) is 5.75 Å². The predicted octanol–water partition coefficient (Wildman–Crippen LogP) is 3.93. The lowest BCUT2D eigenvalue weighted by molar-refractivity contribution is -0.136. The maximum absolute atomic E-state index is 11.9. The number of aliphatic hydroxyl groups excluding tert-OH is 1. The second-order valence-corrected chi connectivity index (χ2v) is 8.10. The number of aliphatic hydroxyl groups is 1. The van der Waals surface area contributed by atoms with Crippen molar-refractivity contribution < 1.29 is 19.7 Å². The predicted molar refractivity (Wildman–Crippen MR) is 97.2 cm³/mol. The zero-order chi connectivity index (χ0) is 18.7. The van der Waals surface area contributed by atoms with Crippen LogP contribution in [0.15, 0.2) is 17.7 Å². The first kappa shape index (κ1) is 20.2. The summed E-state index contributed by atoms with van der Waals surface area (Å²) in [5.74, 6) is -0.152. The summed E-state index contributed by atoms with van der Waals surface area (Å²) in [7, 11) is 1.32. The third-order valence-corrected chi connectivity index (χ3v) is 3.92. The molecule has 0 radical (unpaired) electrons. The molecule has 0 atom stereocenters. The minimum atomic E-state index is -0.452. The first-order valence-electron chi connectivity index (χ1n) is 8.19. The van der Waals surface area contributed by atoms with Gasteiger partial charge in [0.25, 0.3) is 0 Å². The second kappa shape index (κ2) is 7.39. The van der Waals surface area contributed by atoms with E-state index in [4.69, 9.17) is 4.74 Å². The lowest BCUT2D eigenvalue weighted by Gasteiger charge is -2.28. The molecule has 4 heteroatoms. The van der Waals surface area contributed by atoms with Crippen molar-refractivity contribution >= 4 is 12.0 Å². The highest BCUT2D eigenvalue weighted by Gasteiger charge is 2.26. The number of esters is 1. The van der Waals surface area contributed by atoms with E-state index in [1.165, 1.54) is 7.11 Å². The average molecular weight is 334 g/mol. The molecule has 24 heavy (non-hydrogen) atoms. The highest BCUT2D eigenvalue weighted by atomic mass is 16.5. The first-order chi connectivity index (χ1) is 10.9. The lowest BCUT2D eigenvalue weighted by Crippen LogP contribution is -2.17. The van der Waals surface area contributed by atoms with Crippen molar-refractivity contribution in [3.05, 3.63) is 34.4 Å². The molecule has 0 aliphatic heterocycles. The monoisotopic (exact) mass is 334 g/mol. The van der Waals surface area contributed by atoms with Gasteiger partial charge in [0.15, 0.2) is 0 Å². The number of methoxy groups -OCH3 is 1. The number of hydrogen-bond donors (Lipinski definition) is 2. The molecule has 4 nitrogen and oxygen atoms in total. The molecular weight excluding hydrogens is 304 g/mol. The number of ether oxygens (including phenoxy) is 1. The van der Waals surface area contributed by atoms with Gasteiger partial charge in [-0.15, -0.1) is 0 Å². The minimum Gasteiger partial charge on any atom is -0.507 e. The standard InChI is InChI=1S/C20H30O4/c1-19(2,3)15-11-13(10-14(8-9-21)18(23)24-7)12-16(17(15)22)20(4,5)6/h10-12,21-22H,8-9H2,1-7H3/b14-10+. The van der Waals surface area contributed by atoms with Crippen molar-refractivity contribution in [2.45, 2.75) is 58.8 Å². The SMILES string of the molecule is COC(=O)/C(=C/c1cc(C(C)(C)C)c(O)c(C(C)(C)C)c1)CCO. The van der Waals surface area contributed by atoms with E-state index in [0.717, 1.165) is 16.7 Å². The van der Waals surface area contributed by atoms with Crippen LogP contribution in [0.2, 0.25) is 0 Å². The van der Waals surface area contributed by atoms with Crippen LogP contribution in [-0.4, -0.2) is 29.9 Å². The maximum Gasteiger partial charge on any atom is 0.333 e. The van der Waals surface area contributed by atoms with Crippen molar-refractivity contribution in [1.82, 2.24) is 0 Å². The van der Waals surface area contributed by atoms with E-state index in [1.807, 2.05) is 53.7 Å². The Morgan fingerprint density at radius 3 is 1.88 bits per heavy atom. The fraction of sp³-hybridized carbons (Fsp3) is 0.550. The van der Waals surface area contributed by atoms with Crippen molar-refractivity contribution in [3.8, 4) is 5.75 Å². The number of phenols is 1. The van der Waals surface area contributed by atoms with Gasteiger partial charge in [-0.05, 0) is 34.6 Å². The van der Waals surface area contributed by atoms with Crippen molar-refractivity contribution in [2.24, 2.45) is 0 Å². The quantitative estimate of drug-likeness (QED) is 0.647. The third-order valence-electron chi connectivity index (χ3n) is 3.92. The summed E-state index contributed by atoms with van der Waals surface area (Å²) < 4.78 is 4.79. The third kappa shape index (κ3) is 4.84. The summed E-state index contributed by atoms with van der Waals surface area (Å²) in [6, 6.07) is 3.79. The molecule has 134 valence electrons. The van der Waals surface area contributed by atoms with Gasteiger partial charge < -0.3 is 14.9 Å². The van der Waals surface area contributed by atoms with Crippen LogP contribution in [-0.2, 0) is 20.4 Å². The molecule has 0 fully saturated rings. The van der Waals surface area contributed by atoms with Crippen LogP contribution in [0.1, 0.15) is 64.7 Å². The van der Waals surface area contributed by atoms with Gasteiger partial charge in [-0.2, -0.15) is 0 Å². The Morgan fingerprint density at radius 2 is 1.54 bits per heavy atom. The van der Waals surface area contributed by atoms with Gasteiger partial charge in [0, 0.05) is 29.7 Å². The Bertz CT molecular complexity index is 593. The summed E-state index contributed by atoms with van der Waals surface area (Å²) in [4.78, 5) is 11.9. The molecule has 0 saturated carbocycles. The largest absolute Gasteiger partial charge is 0.507 e. The van der Waals surface area contributed by atoms with Crippen LogP contribution in [0.25, 0.3) is 6.08 Å². The van der Waals surface area contributed by atoms with Crippen molar-refractivity contribution in [1.29, 1.82) is 0 Å². The van der Waals surface area contributed by atoms with Gasteiger partial charge in [-0.1, -0.05) is 41.5 Å². The average Bonchev–Trinajstić information content (AvgIpc) is 2.45. The molecule has 0 spiro atoms. The molecule has 1 aromatic rings. The van der Waals surface area contributed by atoms with E-state index in [-0.39, 0.29) is 23.9 Å². The molecule has 0 amide bonds. The molecule has 0 aliphatic carbocycles. The van der Waals surface area contributed by atoms with Gasteiger partial charge >= 0.3 is 5.97 Å². The smallest absolute Gasteiger partial charge is 0.333 e. The van der Waals surface area contributed by atoms with Crippen LogP contribution in [0.5, 0.6) is 5.75 Å². The Hall–Kier alpha value is -1.81. The molecule has 0 aliphatic rings. The van der Waals surface area contributed by atoms with Gasteiger partial charge in [0.05, 0.1) is 7.11 Å². The first-order valence-corrected chi connectivity index (χ1v) is 8.19. The normalized spacial score (nSPS) is 13.1. The Labute approximate surface area is 145 Å². The molecule has 0 unspecified atom stereocenters. The van der Waals surface area contributed by atoms with E-state index >= 15 is 0 Å². The summed E-state index contributed by atoms with van der Waals surface area (Å²) in [5.41, 5.74) is 2.40. The molecule has 2 N–H and O–H groups in total. The Kier molecular flexibility index (Phi) is 6.23. The number of carbonyl (C=O) groups excluding carboxylic acids is 1. The molecule has 1 aromatic carbocycles. The molecule has 0 bridgehead atoms. The van der Waals surface area contributed by atoms with Crippen LogP contribution in [0.4, 0.5) is 0 Å². The fourth-order valence-electron chi connectivity index (χ4n) is 2.57. The maximum atomic E-state index is 11.9. The van der Waals surface area contributed by atoms with E-state index in [9.17, 15) is 15.0 Å².